The standard InChI is InChI=1S/C9H12O.C6H13NO3.C2H6.CH3.Y/c10-8-4-7-9-5-2-1-3-6-9;1-5(2)10-6(9)7-3-4-8;1-2;;/h1-3,5-6,10H,4,7-8H2;5,8H,3-4H2,1-2H3,(H,7,9);1-2H3;1H3;/q;;;-1;. The van der Waals surface area contributed by atoms with Gasteiger partial charge in [-0.3, -0.25) is 0 Å². The first-order chi connectivity index (χ1) is 10.6. The molecule has 1 amide bonds. The van der Waals surface area contributed by atoms with E-state index < -0.39 is 6.09 Å². The predicted molar refractivity (Wildman–Crippen MR) is 96.3 cm³/mol. The molecule has 0 aliphatic rings. The summed E-state index contributed by atoms with van der Waals surface area (Å²) in [6.07, 6.45) is 1.25. The van der Waals surface area contributed by atoms with E-state index in [1.165, 1.54) is 5.56 Å². The number of rotatable bonds is 6. The number of carbonyl (C=O) groups is 1. The third kappa shape index (κ3) is 23.8. The van der Waals surface area contributed by atoms with E-state index in [4.69, 9.17) is 14.9 Å². The molecule has 139 valence electrons. The van der Waals surface area contributed by atoms with E-state index in [1.54, 1.807) is 13.8 Å². The molecule has 0 fully saturated rings. The Morgan fingerprint density at radius 2 is 1.67 bits per heavy atom. The molecule has 0 saturated carbocycles. The molecular formula is C18H34NO4Y-. The Morgan fingerprint density at radius 1 is 1.12 bits per heavy atom. The van der Waals surface area contributed by atoms with E-state index in [9.17, 15) is 4.79 Å². The molecule has 0 aromatic heterocycles. The van der Waals surface area contributed by atoms with E-state index in [2.05, 4.69) is 17.4 Å². The normalized spacial score (nSPS) is 8.29. The van der Waals surface area contributed by atoms with Gasteiger partial charge in [-0.25, -0.2) is 4.79 Å². The zero-order chi connectivity index (χ0) is 17.2. The fourth-order valence-electron chi connectivity index (χ4n) is 1.34. The Morgan fingerprint density at radius 3 is 2.08 bits per heavy atom. The molecule has 1 radical (unpaired) electrons. The molecular weight excluding hydrogens is 383 g/mol. The second-order valence-corrected chi connectivity index (χ2v) is 4.42. The number of hydrogen-bond donors (Lipinski definition) is 3. The molecule has 0 atom stereocenters. The van der Waals surface area contributed by atoms with Gasteiger partial charge in [-0.2, -0.15) is 0 Å². The van der Waals surface area contributed by atoms with Gasteiger partial charge in [0.2, 0.25) is 0 Å². The SMILES string of the molecule is CC.CC(C)OC(=O)NCCO.OCCCc1ccccc1.[CH3-].[Y]. The average Bonchev–Trinajstić information content (AvgIpc) is 2.54. The van der Waals surface area contributed by atoms with E-state index in [-0.39, 0.29) is 66.0 Å². The Labute approximate surface area is 173 Å². The maximum Gasteiger partial charge on any atom is 0.407 e. The summed E-state index contributed by atoms with van der Waals surface area (Å²) < 4.78 is 4.69. The Balaban J connectivity index is -0.000000140. The second-order valence-electron chi connectivity index (χ2n) is 4.42. The van der Waals surface area contributed by atoms with Crippen LogP contribution in [0.4, 0.5) is 4.79 Å². The molecule has 0 unspecified atom stereocenters. The Hall–Kier alpha value is -0.486. The van der Waals surface area contributed by atoms with Gasteiger partial charge in [-0.05, 0) is 32.3 Å². The van der Waals surface area contributed by atoms with E-state index in [0.717, 1.165) is 12.8 Å². The Kier molecular flexibility index (Phi) is 32.3. The number of hydrogen-bond acceptors (Lipinski definition) is 4. The molecule has 1 aromatic carbocycles. The first-order valence-corrected chi connectivity index (χ1v) is 7.80. The summed E-state index contributed by atoms with van der Waals surface area (Å²) in [6, 6.07) is 10.2. The smallest absolute Gasteiger partial charge is 0.407 e. The van der Waals surface area contributed by atoms with Gasteiger partial charge < -0.3 is 27.7 Å². The van der Waals surface area contributed by atoms with Crippen molar-refractivity contribution in [2.45, 2.75) is 46.6 Å². The summed E-state index contributed by atoms with van der Waals surface area (Å²) in [5.74, 6) is 0. The molecule has 1 rings (SSSR count). The molecule has 0 aliphatic heterocycles. The van der Waals surface area contributed by atoms with Crippen molar-refractivity contribution in [1.29, 1.82) is 0 Å². The number of nitrogens with one attached hydrogen (secondary N) is 1. The number of aliphatic hydroxyl groups is 2. The van der Waals surface area contributed by atoms with Crippen molar-refractivity contribution in [2.24, 2.45) is 0 Å². The van der Waals surface area contributed by atoms with Crippen molar-refractivity contribution in [2.75, 3.05) is 19.8 Å². The predicted octanol–water partition coefficient (Wildman–Crippen LogP) is 3.20. The van der Waals surface area contributed by atoms with Crippen LogP contribution in [0.1, 0.15) is 39.7 Å². The van der Waals surface area contributed by atoms with Crippen molar-refractivity contribution >= 4 is 6.09 Å². The zero-order valence-electron chi connectivity index (χ0n) is 15.8. The van der Waals surface area contributed by atoms with Gasteiger partial charge in [0.05, 0.1) is 12.7 Å². The van der Waals surface area contributed by atoms with Crippen molar-refractivity contribution < 1.29 is 52.5 Å². The van der Waals surface area contributed by atoms with Crippen LogP contribution in [-0.2, 0) is 43.9 Å². The molecule has 6 heteroatoms. The topological polar surface area (TPSA) is 78.8 Å². The molecule has 0 bridgehead atoms. The molecule has 0 spiro atoms. The van der Waals surface area contributed by atoms with Gasteiger partial charge >= 0.3 is 6.09 Å². The van der Waals surface area contributed by atoms with Crippen LogP contribution in [0.2, 0.25) is 0 Å². The van der Waals surface area contributed by atoms with E-state index in [1.807, 2.05) is 32.0 Å². The van der Waals surface area contributed by atoms with Crippen LogP contribution in [-0.4, -0.2) is 42.2 Å². The number of benzene rings is 1. The van der Waals surface area contributed by atoms with Gasteiger partial charge in [0.15, 0.2) is 0 Å². The van der Waals surface area contributed by atoms with Crippen LogP contribution in [0.5, 0.6) is 0 Å². The van der Waals surface area contributed by atoms with Crippen molar-refractivity contribution in [3.05, 3.63) is 43.3 Å². The number of aliphatic hydroxyl groups excluding tert-OH is 2. The molecule has 0 heterocycles. The fourth-order valence-corrected chi connectivity index (χ4v) is 1.34. The zero-order valence-corrected chi connectivity index (χ0v) is 18.6. The van der Waals surface area contributed by atoms with Crippen LogP contribution in [0.15, 0.2) is 30.3 Å². The van der Waals surface area contributed by atoms with E-state index in [0.29, 0.717) is 0 Å². The summed E-state index contributed by atoms with van der Waals surface area (Å²) >= 11 is 0. The Bertz CT molecular complexity index is 348. The van der Waals surface area contributed by atoms with Crippen LogP contribution in [0, 0.1) is 7.43 Å². The van der Waals surface area contributed by atoms with E-state index >= 15 is 0 Å². The minimum atomic E-state index is -0.482. The number of ether oxygens (including phenoxy) is 1. The van der Waals surface area contributed by atoms with Gasteiger partial charge in [0, 0.05) is 45.9 Å². The number of aryl methyl sites for hydroxylation is 1. The van der Waals surface area contributed by atoms with Crippen LogP contribution >= 0.6 is 0 Å². The third-order valence-corrected chi connectivity index (χ3v) is 2.19. The summed E-state index contributed by atoms with van der Waals surface area (Å²) in [4.78, 5) is 10.6. The molecule has 0 saturated heterocycles. The first-order valence-electron chi connectivity index (χ1n) is 7.80. The van der Waals surface area contributed by atoms with Gasteiger partial charge in [-0.15, -0.1) is 0 Å². The maximum absolute atomic E-state index is 10.6. The van der Waals surface area contributed by atoms with Gasteiger partial charge in [0.1, 0.15) is 0 Å². The van der Waals surface area contributed by atoms with Crippen molar-refractivity contribution in [1.82, 2.24) is 5.32 Å². The molecule has 0 aliphatic carbocycles. The second kappa shape index (κ2) is 24.8. The minimum Gasteiger partial charge on any atom is -0.447 e. The molecule has 1 aromatic rings. The molecule has 24 heavy (non-hydrogen) atoms. The minimum absolute atomic E-state index is 0. The van der Waals surface area contributed by atoms with Gasteiger partial charge in [-0.1, -0.05) is 44.2 Å². The number of carbonyl (C=O) groups excluding carboxylic acids is 1. The number of alkyl carbamates (subject to hydrolysis) is 1. The van der Waals surface area contributed by atoms with Gasteiger partial charge in [0.25, 0.3) is 0 Å². The van der Waals surface area contributed by atoms with Crippen LogP contribution in [0.25, 0.3) is 0 Å². The largest absolute Gasteiger partial charge is 0.447 e. The monoisotopic (exact) mass is 417 g/mol. The summed E-state index contributed by atoms with van der Waals surface area (Å²) in [5.41, 5.74) is 1.30. The quantitative estimate of drug-likeness (QED) is 0.622. The molecule has 3 N–H and O–H groups in total. The van der Waals surface area contributed by atoms with Crippen LogP contribution in [0.3, 0.4) is 0 Å². The maximum atomic E-state index is 10.6. The average molecular weight is 417 g/mol. The summed E-state index contributed by atoms with van der Waals surface area (Å²) in [7, 11) is 0. The first kappa shape index (κ1) is 31.3. The summed E-state index contributed by atoms with van der Waals surface area (Å²) in [6.45, 7) is 7.99. The van der Waals surface area contributed by atoms with Crippen molar-refractivity contribution in [3.8, 4) is 0 Å². The van der Waals surface area contributed by atoms with Crippen molar-refractivity contribution in [3.63, 3.8) is 0 Å². The number of amides is 1. The summed E-state index contributed by atoms with van der Waals surface area (Å²) in [5, 5.41) is 19.2. The van der Waals surface area contributed by atoms with Crippen LogP contribution < -0.4 is 5.32 Å². The molecule has 5 nitrogen and oxygen atoms in total. The third-order valence-electron chi connectivity index (χ3n) is 2.19. The fraction of sp³-hybridized carbons (Fsp3) is 0.556.